The molecule has 0 aliphatic rings. The van der Waals surface area contributed by atoms with Gasteiger partial charge in [0.15, 0.2) is 6.10 Å². The van der Waals surface area contributed by atoms with E-state index >= 15 is 0 Å². The van der Waals surface area contributed by atoms with Gasteiger partial charge in [0.2, 0.25) is 0 Å². The number of carbonyl (C=O) groups is 2. The van der Waals surface area contributed by atoms with Crippen LogP contribution in [0.5, 0.6) is 0 Å². The highest BCUT2D eigenvalue weighted by molar-refractivity contribution is 7.45. The number of allylic oxidation sites excluding steroid dienone is 10. The summed E-state index contributed by atoms with van der Waals surface area (Å²) < 4.78 is 33.7. The molecule has 0 saturated carbocycles. The summed E-state index contributed by atoms with van der Waals surface area (Å²) in [5.41, 5.74) is 0. The van der Waals surface area contributed by atoms with Crippen LogP contribution in [0, 0.1) is 0 Å². The van der Waals surface area contributed by atoms with Gasteiger partial charge < -0.3 is 27.9 Å². The van der Waals surface area contributed by atoms with Crippen molar-refractivity contribution in [2.24, 2.45) is 0 Å². The number of phosphoric ester groups is 1. The highest BCUT2D eigenvalue weighted by Gasteiger charge is 2.21. The first kappa shape index (κ1) is 49.7. The van der Waals surface area contributed by atoms with E-state index in [9.17, 15) is 19.0 Å². The van der Waals surface area contributed by atoms with Crippen molar-refractivity contribution in [2.75, 3.05) is 47.5 Å². The Hall–Kier alpha value is -2.29. The summed E-state index contributed by atoms with van der Waals surface area (Å²) >= 11 is 0. The molecule has 2 atom stereocenters. The predicted octanol–water partition coefficient (Wildman–Crippen LogP) is 10.3. The van der Waals surface area contributed by atoms with E-state index in [2.05, 4.69) is 62.5 Å². The summed E-state index contributed by atoms with van der Waals surface area (Å²) in [5.74, 6) is -0.934. The first-order chi connectivity index (χ1) is 25.0. The standard InChI is InChI=1S/C42H74NO8P/c1-6-8-10-12-14-16-18-20-21-23-24-26-28-30-32-34-41(44)48-38-40(39-50-52(46,47)49-37-36-43(3,4)5)51-42(45)35-33-31-29-27-25-22-19-17-15-13-11-9-7-2/h8,10,12,14,16,18,22,25,29,31,40H,6-7,9,11,13,15,17,19-21,23-24,26-28,30,32-39H2,1-5H3/b10-8+,14-12+,18-16+,25-22+,31-29+. The molecule has 0 radical (unpaired) electrons. The van der Waals surface area contributed by atoms with Crippen LogP contribution in [0.15, 0.2) is 60.8 Å². The third kappa shape index (κ3) is 37.5. The van der Waals surface area contributed by atoms with E-state index in [1.54, 1.807) is 0 Å². The van der Waals surface area contributed by atoms with E-state index in [0.29, 0.717) is 23.9 Å². The number of hydrogen-bond acceptors (Lipinski definition) is 8. The van der Waals surface area contributed by atoms with Crippen molar-refractivity contribution in [3.05, 3.63) is 60.8 Å². The first-order valence-electron chi connectivity index (χ1n) is 20.0. The van der Waals surface area contributed by atoms with Gasteiger partial charge in [-0.1, -0.05) is 139 Å². The summed E-state index contributed by atoms with van der Waals surface area (Å²) in [6.07, 6.45) is 39.8. The maximum atomic E-state index is 12.6. The van der Waals surface area contributed by atoms with Crippen molar-refractivity contribution in [1.82, 2.24) is 0 Å². The molecule has 0 spiro atoms. The zero-order valence-corrected chi connectivity index (χ0v) is 34.4. The van der Waals surface area contributed by atoms with E-state index in [-0.39, 0.29) is 26.1 Å². The van der Waals surface area contributed by atoms with E-state index in [4.69, 9.17) is 18.5 Å². The lowest BCUT2D eigenvalue weighted by molar-refractivity contribution is -0.870. The van der Waals surface area contributed by atoms with E-state index < -0.39 is 32.5 Å². The number of nitrogens with zero attached hydrogens (tertiary/aromatic N) is 1. The number of rotatable bonds is 35. The number of esters is 2. The molecule has 300 valence electrons. The zero-order chi connectivity index (χ0) is 38.6. The van der Waals surface area contributed by atoms with Crippen molar-refractivity contribution in [3.63, 3.8) is 0 Å². The van der Waals surface area contributed by atoms with Crippen LogP contribution in [-0.2, 0) is 32.7 Å². The molecule has 0 bridgehead atoms. The molecule has 9 nitrogen and oxygen atoms in total. The van der Waals surface area contributed by atoms with Gasteiger partial charge in [0.05, 0.1) is 27.7 Å². The Morgan fingerprint density at radius 3 is 1.85 bits per heavy atom. The van der Waals surface area contributed by atoms with Crippen LogP contribution in [-0.4, -0.2) is 70.0 Å². The fourth-order valence-corrected chi connectivity index (χ4v) is 5.67. The quantitative estimate of drug-likeness (QED) is 0.0157. The molecule has 0 fully saturated rings. The van der Waals surface area contributed by atoms with Gasteiger partial charge >= 0.3 is 11.9 Å². The van der Waals surface area contributed by atoms with Gasteiger partial charge in [0.25, 0.3) is 7.82 Å². The lowest BCUT2D eigenvalue weighted by atomic mass is 10.1. The van der Waals surface area contributed by atoms with Crippen molar-refractivity contribution < 1.29 is 42.1 Å². The fraction of sp³-hybridized carbons (Fsp3) is 0.714. The summed E-state index contributed by atoms with van der Waals surface area (Å²) in [4.78, 5) is 37.3. The summed E-state index contributed by atoms with van der Waals surface area (Å²) in [7, 11) is 1.12. The molecule has 0 aromatic rings. The Kier molecular flexibility index (Phi) is 33.0. The lowest BCUT2D eigenvalue weighted by Crippen LogP contribution is -2.37. The van der Waals surface area contributed by atoms with E-state index in [1.807, 2.05) is 33.3 Å². The minimum absolute atomic E-state index is 0.0448. The van der Waals surface area contributed by atoms with Crippen molar-refractivity contribution in [3.8, 4) is 0 Å². The van der Waals surface area contributed by atoms with E-state index in [0.717, 1.165) is 44.9 Å². The highest BCUT2D eigenvalue weighted by Crippen LogP contribution is 2.38. The third-order valence-corrected chi connectivity index (χ3v) is 9.06. The SMILES string of the molecule is CC/C=C/C=C/C=C/CCCCCCCCCC(=O)OCC(COP(=O)([O-])OCC[N+](C)(C)C)OC(=O)CC/C=C/C/C=C/CCCCCCCC. The summed E-state index contributed by atoms with van der Waals surface area (Å²) in [6, 6.07) is 0. The molecule has 0 rings (SSSR count). The van der Waals surface area contributed by atoms with Crippen molar-refractivity contribution in [1.29, 1.82) is 0 Å². The monoisotopic (exact) mass is 752 g/mol. The molecular weight excluding hydrogens is 677 g/mol. The largest absolute Gasteiger partial charge is 0.756 e. The van der Waals surface area contributed by atoms with Crippen molar-refractivity contribution >= 4 is 19.8 Å². The van der Waals surface area contributed by atoms with Gasteiger partial charge in [-0.25, -0.2) is 0 Å². The molecule has 0 N–H and O–H groups in total. The van der Waals surface area contributed by atoms with Gasteiger partial charge in [-0.2, -0.15) is 0 Å². The molecule has 2 unspecified atom stereocenters. The number of ether oxygens (including phenoxy) is 2. The third-order valence-electron chi connectivity index (χ3n) is 8.10. The average molecular weight is 752 g/mol. The maximum Gasteiger partial charge on any atom is 0.306 e. The van der Waals surface area contributed by atoms with Crippen molar-refractivity contribution in [2.45, 2.75) is 148 Å². The molecule has 0 amide bonds. The molecule has 0 saturated heterocycles. The second kappa shape index (κ2) is 34.5. The fourth-order valence-electron chi connectivity index (χ4n) is 4.94. The Morgan fingerprint density at radius 1 is 0.635 bits per heavy atom. The minimum atomic E-state index is -4.64. The molecular formula is C42H74NO8P. The molecule has 0 aliphatic carbocycles. The highest BCUT2D eigenvalue weighted by atomic mass is 31.2. The maximum absolute atomic E-state index is 12.6. The number of unbranched alkanes of at least 4 members (excludes halogenated alkanes) is 13. The summed E-state index contributed by atoms with van der Waals surface area (Å²) in [5, 5.41) is 0. The van der Waals surface area contributed by atoms with Crippen LogP contribution in [0.2, 0.25) is 0 Å². The number of quaternary nitrogens is 1. The topological polar surface area (TPSA) is 111 Å². The number of carbonyl (C=O) groups excluding carboxylic acids is 2. The normalized spacial score (nSPS) is 14.3. The Morgan fingerprint density at radius 2 is 1.21 bits per heavy atom. The first-order valence-corrected chi connectivity index (χ1v) is 21.5. The average Bonchev–Trinajstić information content (AvgIpc) is 3.09. The van der Waals surface area contributed by atoms with Crippen LogP contribution in [0.25, 0.3) is 0 Å². The van der Waals surface area contributed by atoms with Crippen LogP contribution in [0.3, 0.4) is 0 Å². The Balaban J connectivity index is 4.51. The smallest absolute Gasteiger partial charge is 0.306 e. The number of phosphoric acid groups is 1. The van der Waals surface area contributed by atoms with Crippen LogP contribution in [0.4, 0.5) is 0 Å². The lowest BCUT2D eigenvalue weighted by Gasteiger charge is -2.28. The molecule has 0 aliphatic heterocycles. The zero-order valence-electron chi connectivity index (χ0n) is 33.5. The van der Waals surface area contributed by atoms with Gasteiger partial charge in [-0.05, 0) is 51.4 Å². The Bertz CT molecular complexity index is 1080. The van der Waals surface area contributed by atoms with Gasteiger partial charge in [0, 0.05) is 12.8 Å². The number of hydrogen-bond donors (Lipinski definition) is 0. The molecule has 0 aromatic heterocycles. The van der Waals surface area contributed by atoms with E-state index in [1.165, 1.54) is 57.8 Å². The second-order valence-electron chi connectivity index (χ2n) is 14.3. The second-order valence-corrected chi connectivity index (χ2v) is 15.7. The van der Waals surface area contributed by atoms with Crippen LogP contribution >= 0.6 is 7.82 Å². The predicted molar refractivity (Wildman–Crippen MR) is 213 cm³/mol. The molecule has 52 heavy (non-hydrogen) atoms. The van der Waals surface area contributed by atoms with Gasteiger partial charge in [0.1, 0.15) is 19.8 Å². The van der Waals surface area contributed by atoms with Crippen LogP contribution < -0.4 is 4.89 Å². The van der Waals surface area contributed by atoms with Gasteiger partial charge in [-0.15, -0.1) is 0 Å². The molecule has 0 aromatic carbocycles. The molecule has 10 heteroatoms. The minimum Gasteiger partial charge on any atom is -0.756 e. The Labute approximate surface area is 317 Å². The molecule has 0 heterocycles. The number of likely N-dealkylation sites (N-methyl/N-ethyl adjacent to an activating group) is 1. The van der Waals surface area contributed by atoms with Gasteiger partial charge in [-0.3, -0.25) is 14.2 Å². The summed E-state index contributed by atoms with van der Waals surface area (Å²) in [6.45, 7) is 3.98. The van der Waals surface area contributed by atoms with Crippen LogP contribution in [0.1, 0.15) is 142 Å².